The lowest BCUT2D eigenvalue weighted by Gasteiger charge is -2.15. The Kier molecular flexibility index (Phi) is 4.90. The van der Waals surface area contributed by atoms with Crippen LogP contribution in [0, 0.1) is 0 Å². The molecule has 5 heteroatoms. The molecule has 0 spiro atoms. The van der Waals surface area contributed by atoms with Gasteiger partial charge in [-0.05, 0) is 14.0 Å². The van der Waals surface area contributed by atoms with Crippen LogP contribution in [0.2, 0.25) is 0 Å². The Morgan fingerprint density at radius 1 is 1.50 bits per heavy atom. The number of carbonyl (C=O) groups is 1. The second-order valence-electron chi connectivity index (χ2n) is 5.35. The van der Waals surface area contributed by atoms with E-state index < -0.39 is 0 Å². The quantitative estimate of drug-likeness (QED) is 0.752. The molecule has 0 aliphatic heterocycles. The highest BCUT2D eigenvalue weighted by Gasteiger charge is 2.19. The minimum absolute atomic E-state index is 0.0506. The van der Waals surface area contributed by atoms with E-state index in [9.17, 15) is 4.79 Å². The first kappa shape index (κ1) is 14.7. The molecular weight excluding hydrogens is 232 g/mol. The first-order valence-electron chi connectivity index (χ1n) is 6.12. The van der Waals surface area contributed by atoms with E-state index in [1.165, 1.54) is 0 Å². The van der Waals surface area contributed by atoms with Crippen LogP contribution in [0.5, 0.6) is 0 Å². The van der Waals surface area contributed by atoms with E-state index in [0.29, 0.717) is 19.0 Å². The molecule has 0 bridgehead atoms. The summed E-state index contributed by atoms with van der Waals surface area (Å²) in [6.07, 6.45) is 1.74. The predicted molar refractivity (Wildman–Crippen MR) is 68.2 cm³/mol. The summed E-state index contributed by atoms with van der Waals surface area (Å²) in [5.41, 5.74) is -0.0506. The second-order valence-corrected chi connectivity index (χ2v) is 5.35. The lowest BCUT2D eigenvalue weighted by atomic mass is 9.94. The molecule has 1 rings (SSSR count). The zero-order chi connectivity index (χ0) is 13.8. The molecule has 0 aliphatic rings. The van der Waals surface area contributed by atoms with Crippen molar-refractivity contribution in [3.63, 3.8) is 0 Å². The predicted octanol–water partition coefficient (Wildman–Crippen LogP) is 1.97. The Morgan fingerprint density at radius 2 is 2.17 bits per heavy atom. The Labute approximate surface area is 108 Å². The molecule has 0 amide bonds. The van der Waals surface area contributed by atoms with Gasteiger partial charge in [0.25, 0.3) is 0 Å². The van der Waals surface area contributed by atoms with Gasteiger partial charge in [0, 0.05) is 5.41 Å². The average molecular weight is 254 g/mol. The van der Waals surface area contributed by atoms with Crippen molar-refractivity contribution in [1.29, 1.82) is 0 Å². The molecule has 0 N–H and O–H groups in total. The number of nitrogens with zero attached hydrogens (tertiary/aromatic N) is 2. The van der Waals surface area contributed by atoms with Gasteiger partial charge in [-0.15, -0.1) is 0 Å². The van der Waals surface area contributed by atoms with Crippen LogP contribution in [-0.4, -0.2) is 36.1 Å². The number of aromatic nitrogens is 1. The Hall–Kier alpha value is -1.36. The van der Waals surface area contributed by atoms with E-state index in [2.05, 4.69) is 25.8 Å². The SMILES string of the molecule is CCOC(=O)CN(C)Cc1ncc(C(C)(C)C)o1. The summed E-state index contributed by atoms with van der Waals surface area (Å²) in [6.45, 7) is 9.14. The third kappa shape index (κ3) is 4.49. The van der Waals surface area contributed by atoms with Gasteiger partial charge in [-0.25, -0.2) is 4.98 Å². The van der Waals surface area contributed by atoms with Gasteiger partial charge in [-0.1, -0.05) is 20.8 Å². The van der Waals surface area contributed by atoms with E-state index in [0.717, 1.165) is 5.76 Å². The van der Waals surface area contributed by atoms with E-state index in [1.54, 1.807) is 13.1 Å². The van der Waals surface area contributed by atoms with Crippen molar-refractivity contribution in [2.75, 3.05) is 20.2 Å². The van der Waals surface area contributed by atoms with Crippen molar-refractivity contribution in [1.82, 2.24) is 9.88 Å². The van der Waals surface area contributed by atoms with Crippen LogP contribution >= 0.6 is 0 Å². The third-order valence-corrected chi connectivity index (χ3v) is 2.40. The van der Waals surface area contributed by atoms with Crippen LogP contribution in [0.15, 0.2) is 10.6 Å². The molecule has 1 aromatic heterocycles. The van der Waals surface area contributed by atoms with E-state index >= 15 is 0 Å². The molecule has 0 fully saturated rings. The molecule has 1 aromatic rings. The zero-order valence-corrected chi connectivity index (χ0v) is 11.8. The first-order chi connectivity index (χ1) is 8.32. The van der Waals surface area contributed by atoms with Crippen LogP contribution in [0.3, 0.4) is 0 Å². The van der Waals surface area contributed by atoms with Crippen LogP contribution in [0.1, 0.15) is 39.3 Å². The number of hydrogen-bond acceptors (Lipinski definition) is 5. The molecule has 102 valence electrons. The van der Waals surface area contributed by atoms with E-state index in [-0.39, 0.29) is 17.9 Å². The summed E-state index contributed by atoms with van der Waals surface area (Å²) < 4.78 is 10.5. The van der Waals surface area contributed by atoms with Gasteiger partial charge < -0.3 is 9.15 Å². The summed E-state index contributed by atoms with van der Waals surface area (Å²) >= 11 is 0. The van der Waals surface area contributed by atoms with Crippen molar-refractivity contribution in [3.05, 3.63) is 17.8 Å². The Morgan fingerprint density at radius 3 is 2.67 bits per heavy atom. The highest BCUT2D eigenvalue weighted by molar-refractivity contribution is 5.71. The molecule has 0 unspecified atom stereocenters. The standard InChI is InChI=1S/C13H22N2O3/c1-6-17-12(16)9-15(5)8-11-14-7-10(18-11)13(2,3)4/h7H,6,8-9H2,1-5H3. The normalized spacial score (nSPS) is 11.9. The average Bonchev–Trinajstić information content (AvgIpc) is 2.65. The fourth-order valence-corrected chi connectivity index (χ4v) is 1.44. The minimum Gasteiger partial charge on any atom is -0.465 e. The van der Waals surface area contributed by atoms with Crippen molar-refractivity contribution < 1.29 is 13.9 Å². The monoisotopic (exact) mass is 254 g/mol. The van der Waals surface area contributed by atoms with Gasteiger partial charge in [0.2, 0.25) is 5.89 Å². The van der Waals surface area contributed by atoms with Gasteiger partial charge in [0.05, 0.1) is 25.9 Å². The zero-order valence-electron chi connectivity index (χ0n) is 11.8. The van der Waals surface area contributed by atoms with Crippen LogP contribution in [-0.2, 0) is 21.5 Å². The summed E-state index contributed by atoms with van der Waals surface area (Å²) in [5, 5.41) is 0. The largest absolute Gasteiger partial charge is 0.465 e. The lowest BCUT2D eigenvalue weighted by molar-refractivity contribution is -0.144. The van der Waals surface area contributed by atoms with Gasteiger partial charge in [-0.3, -0.25) is 9.69 Å². The Balaban J connectivity index is 2.52. The molecule has 0 aromatic carbocycles. The lowest BCUT2D eigenvalue weighted by Crippen LogP contribution is -2.27. The molecule has 0 atom stereocenters. The minimum atomic E-state index is -0.234. The van der Waals surface area contributed by atoms with Crippen LogP contribution in [0.25, 0.3) is 0 Å². The maximum absolute atomic E-state index is 11.3. The molecule has 5 nitrogen and oxygen atoms in total. The third-order valence-electron chi connectivity index (χ3n) is 2.40. The fraction of sp³-hybridized carbons (Fsp3) is 0.692. The number of esters is 1. The maximum Gasteiger partial charge on any atom is 0.320 e. The Bertz CT molecular complexity index is 393. The van der Waals surface area contributed by atoms with E-state index in [4.69, 9.17) is 9.15 Å². The van der Waals surface area contributed by atoms with Crippen LogP contribution in [0.4, 0.5) is 0 Å². The molecule has 1 heterocycles. The highest BCUT2D eigenvalue weighted by Crippen LogP contribution is 2.22. The van der Waals surface area contributed by atoms with Gasteiger partial charge in [0.15, 0.2) is 0 Å². The molecule has 18 heavy (non-hydrogen) atoms. The summed E-state index contributed by atoms with van der Waals surface area (Å²) in [5.74, 6) is 1.23. The second kappa shape index (κ2) is 6.00. The molecule has 0 radical (unpaired) electrons. The first-order valence-corrected chi connectivity index (χ1v) is 6.12. The maximum atomic E-state index is 11.3. The number of oxazole rings is 1. The molecule has 0 saturated heterocycles. The van der Waals surface area contributed by atoms with Crippen molar-refractivity contribution in [2.45, 2.75) is 39.7 Å². The number of likely N-dealkylation sites (N-methyl/N-ethyl adjacent to an activating group) is 1. The molecule has 0 aliphatic carbocycles. The number of ether oxygens (including phenoxy) is 1. The van der Waals surface area contributed by atoms with Crippen molar-refractivity contribution >= 4 is 5.97 Å². The highest BCUT2D eigenvalue weighted by atomic mass is 16.5. The van der Waals surface area contributed by atoms with Crippen molar-refractivity contribution in [3.8, 4) is 0 Å². The van der Waals surface area contributed by atoms with Crippen molar-refractivity contribution in [2.24, 2.45) is 0 Å². The van der Waals surface area contributed by atoms with E-state index in [1.807, 2.05) is 11.9 Å². The number of rotatable bonds is 5. The smallest absolute Gasteiger partial charge is 0.320 e. The summed E-state index contributed by atoms with van der Waals surface area (Å²) in [7, 11) is 1.83. The topological polar surface area (TPSA) is 55.6 Å². The fourth-order valence-electron chi connectivity index (χ4n) is 1.44. The summed E-state index contributed by atoms with van der Waals surface area (Å²) in [6, 6.07) is 0. The van der Waals surface area contributed by atoms with Gasteiger partial charge in [0.1, 0.15) is 5.76 Å². The number of carbonyl (C=O) groups excluding carboxylic acids is 1. The van der Waals surface area contributed by atoms with Gasteiger partial charge in [-0.2, -0.15) is 0 Å². The van der Waals surface area contributed by atoms with Gasteiger partial charge >= 0.3 is 5.97 Å². The van der Waals surface area contributed by atoms with Crippen LogP contribution < -0.4 is 0 Å². The summed E-state index contributed by atoms with van der Waals surface area (Å²) in [4.78, 5) is 17.3. The number of hydrogen-bond donors (Lipinski definition) is 0. The molecule has 0 saturated carbocycles. The molecular formula is C13H22N2O3.